The zero-order valence-electron chi connectivity index (χ0n) is 19.5. The van der Waals surface area contributed by atoms with Gasteiger partial charge in [0.05, 0.1) is 12.5 Å². The van der Waals surface area contributed by atoms with E-state index in [4.69, 9.17) is 0 Å². The lowest BCUT2D eigenvalue weighted by Gasteiger charge is -2.24. The maximum absolute atomic E-state index is 15.1. The van der Waals surface area contributed by atoms with Crippen molar-refractivity contribution < 1.29 is 19.2 Å². The molecule has 0 bridgehead atoms. The van der Waals surface area contributed by atoms with Crippen LogP contribution in [0.5, 0.6) is 0 Å². The van der Waals surface area contributed by atoms with Crippen LogP contribution in [0.3, 0.4) is 0 Å². The molecular weight excluding hydrogens is 417 g/mol. The number of hydrogen-bond donors (Lipinski definition) is 3. The van der Waals surface area contributed by atoms with E-state index in [1.54, 1.807) is 11.9 Å². The lowest BCUT2D eigenvalue weighted by atomic mass is 9.92. The molecule has 1 aromatic heterocycles. The van der Waals surface area contributed by atoms with Crippen molar-refractivity contribution in [2.75, 3.05) is 51.1 Å². The van der Waals surface area contributed by atoms with Crippen LogP contribution in [0.25, 0.3) is 0 Å². The average Bonchev–Trinajstić information content (AvgIpc) is 3.29. The summed E-state index contributed by atoms with van der Waals surface area (Å²) in [7, 11) is 5.62. The molecule has 11 heteroatoms. The predicted octanol–water partition coefficient (Wildman–Crippen LogP) is 1.66. The number of hydrogen-bond acceptors (Lipinski definition) is 8. The summed E-state index contributed by atoms with van der Waals surface area (Å²) >= 11 is 0. The molecule has 1 fully saturated rings. The summed E-state index contributed by atoms with van der Waals surface area (Å²) in [5.74, 6) is -0.874. The zero-order valence-corrected chi connectivity index (χ0v) is 19.5. The fourth-order valence-electron chi connectivity index (χ4n) is 3.83. The molecule has 1 atom stereocenters. The lowest BCUT2D eigenvalue weighted by Crippen LogP contribution is -2.41. The number of likely N-dealkylation sites (N-methyl/N-ethyl adjacent to an activating group) is 2. The van der Waals surface area contributed by atoms with Crippen LogP contribution in [-0.2, 0) is 16.0 Å². The molecule has 1 aliphatic carbocycles. The van der Waals surface area contributed by atoms with Gasteiger partial charge in [-0.3, -0.25) is 25.6 Å². The van der Waals surface area contributed by atoms with Crippen molar-refractivity contribution in [2.45, 2.75) is 45.4 Å². The monoisotopic (exact) mass is 453 g/mol. The maximum atomic E-state index is 15.1. The Morgan fingerprint density at radius 2 is 1.94 bits per heavy atom. The fraction of sp³-hybridized carbons (Fsp3) is 0.714. The first-order chi connectivity index (χ1) is 15.2. The average molecular weight is 454 g/mol. The second-order valence-corrected chi connectivity index (χ2v) is 8.63. The molecule has 1 saturated carbocycles. The number of carbonyl (C=O) groups is 2. The molecule has 0 aromatic carbocycles. The normalized spacial score (nSPS) is 15.0. The van der Waals surface area contributed by atoms with Crippen molar-refractivity contribution in [2.24, 2.45) is 11.8 Å². The molecule has 2 rings (SSSR count). The van der Waals surface area contributed by atoms with Crippen LogP contribution in [0.2, 0.25) is 0 Å². The number of hydroxylamine groups is 2. The largest absolute Gasteiger partial charge is 0.356 e. The SMILES string of the molecule is CCc1nc(NNC(=O)C(CC2CCCC2)CN(O)C=O)c(F)c(N(C)CCN(C)C)n1. The van der Waals surface area contributed by atoms with Gasteiger partial charge in [0, 0.05) is 26.6 Å². The Kier molecular flexibility index (Phi) is 10.0. The molecule has 0 aliphatic heterocycles. The molecule has 1 heterocycles. The smallest absolute Gasteiger partial charge is 0.243 e. The van der Waals surface area contributed by atoms with E-state index >= 15 is 4.39 Å². The number of aromatic nitrogens is 2. The number of aryl methyl sites for hydroxylation is 1. The summed E-state index contributed by atoms with van der Waals surface area (Å²) in [6.07, 6.45) is 5.59. The zero-order chi connectivity index (χ0) is 23.7. The minimum atomic E-state index is -0.659. The van der Waals surface area contributed by atoms with Crippen LogP contribution < -0.4 is 15.8 Å². The molecule has 1 aliphatic rings. The van der Waals surface area contributed by atoms with Gasteiger partial charge in [0.15, 0.2) is 11.6 Å². The molecule has 0 saturated heterocycles. The maximum Gasteiger partial charge on any atom is 0.243 e. The number of nitrogens with one attached hydrogen (secondary N) is 2. The number of carbonyl (C=O) groups excluding carboxylic acids is 2. The van der Waals surface area contributed by atoms with E-state index in [-0.39, 0.29) is 24.6 Å². The lowest BCUT2D eigenvalue weighted by molar-refractivity contribution is -0.154. The highest BCUT2D eigenvalue weighted by Gasteiger charge is 2.27. The van der Waals surface area contributed by atoms with Crippen LogP contribution in [0.15, 0.2) is 0 Å². The molecule has 180 valence electrons. The van der Waals surface area contributed by atoms with Crippen molar-refractivity contribution in [3.8, 4) is 0 Å². The van der Waals surface area contributed by atoms with E-state index in [2.05, 4.69) is 20.8 Å². The van der Waals surface area contributed by atoms with E-state index < -0.39 is 17.6 Å². The summed E-state index contributed by atoms with van der Waals surface area (Å²) in [5, 5.41) is 10.1. The van der Waals surface area contributed by atoms with E-state index in [0.29, 0.717) is 36.2 Å². The molecule has 2 amide bonds. The predicted molar refractivity (Wildman–Crippen MR) is 120 cm³/mol. The molecule has 1 unspecified atom stereocenters. The van der Waals surface area contributed by atoms with Gasteiger partial charge >= 0.3 is 0 Å². The Labute approximate surface area is 189 Å². The minimum Gasteiger partial charge on any atom is -0.356 e. The summed E-state index contributed by atoms with van der Waals surface area (Å²) in [4.78, 5) is 35.8. The highest BCUT2D eigenvalue weighted by Crippen LogP contribution is 2.30. The Morgan fingerprint density at radius 3 is 2.53 bits per heavy atom. The molecule has 1 aromatic rings. The quantitative estimate of drug-likeness (QED) is 0.235. The summed E-state index contributed by atoms with van der Waals surface area (Å²) < 4.78 is 15.1. The minimum absolute atomic E-state index is 0.118. The van der Waals surface area contributed by atoms with Crippen LogP contribution in [0, 0.1) is 17.7 Å². The van der Waals surface area contributed by atoms with Crippen LogP contribution in [0.1, 0.15) is 44.9 Å². The van der Waals surface area contributed by atoms with Gasteiger partial charge in [0.25, 0.3) is 0 Å². The van der Waals surface area contributed by atoms with Gasteiger partial charge in [-0.1, -0.05) is 32.6 Å². The number of rotatable bonds is 13. The van der Waals surface area contributed by atoms with Crippen molar-refractivity contribution in [3.63, 3.8) is 0 Å². The van der Waals surface area contributed by atoms with Crippen molar-refractivity contribution in [1.29, 1.82) is 0 Å². The van der Waals surface area contributed by atoms with Gasteiger partial charge in [-0.15, -0.1) is 0 Å². The molecule has 3 N–H and O–H groups in total. The van der Waals surface area contributed by atoms with Crippen molar-refractivity contribution >= 4 is 24.0 Å². The number of halogens is 1. The molecule has 0 spiro atoms. The summed E-state index contributed by atoms with van der Waals surface area (Å²) in [6.45, 7) is 3.03. The van der Waals surface area contributed by atoms with Gasteiger partial charge in [-0.2, -0.15) is 4.39 Å². The van der Waals surface area contributed by atoms with Crippen LogP contribution in [-0.4, -0.2) is 78.2 Å². The summed E-state index contributed by atoms with van der Waals surface area (Å²) in [6, 6.07) is 0. The number of anilines is 2. The molecule has 10 nitrogen and oxygen atoms in total. The Bertz CT molecular complexity index is 759. The Hall–Kier alpha value is -2.53. The fourth-order valence-corrected chi connectivity index (χ4v) is 3.83. The van der Waals surface area contributed by atoms with Gasteiger partial charge in [-0.05, 0) is 26.4 Å². The number of amides is 2. The number of hydrazine groups is 1. The van der Waals surface area contributed by atoms with Crippen molar-refractivity contribution in [1.82, 2.24) is 25.4 Å². The summed E-state index contributed by atoms with van der Waals surface area (Å²) in [5.41, 5.74) is 5.10. The third-order valence-corrected chi connectivity index (χ3v) is 5.74. The Balaban J connectivity index is 2.12. The highest BCUT2D eigenvalue weighted by atomic mass is 19.1. The number of nitrogens with zero attached hydrogens (tertiary/aromatic N) is 5. The topological polar surface area (TPSA) is 114 Å². The standard InChI is InChI=1S/C21H36FN7O3/c1-5-17-23-19(18(22)20(24-17)28(4)11-10-27(2)3)25-26-21(31)16(13-29(32)14-30)12-15-8-6-7-9-15/h14-16,32H,5-13H2,1-4H3,(H,26,31)(H,23,24,25). The van der Waals surface area contributed by atoms with Gasteiger partial charge in [-0.25, -0.2) is 15.0 Å². The first kappa shape index (κ1) is 25.7. The highest BCUT2D eigenvalue weighted by molar-refractivity contribution is 5.80. The first-order valence-electron chi connectivity index (χ1n) is 11.1. The van der Waals surface area contributed by atoms with Gasteiger partial charge in [0.1, 0.15) is 5.82 Å². The Morgan fingerprint density at radius 1 is 1.25 bits per heavy atom. The first-order valence-corrected chi connectivity index (χ1v) is 11.1. The van der Waals surface area contributed by atoms with E-state index in [9.17, 15) is 14.8 Å². The second-order valence-electron chi connectivity index (χ2n) is 8.63. The third kappa shape index (κ3) is 7.56. The van der Waals surface area contributed by atoms with E-state index in [1.807, 2.05) is 25.9 Å². The molecule has 32 heavy (non-hydrogen) atoms. The van der Waals surface area contributed by atoms with E-state index in [0.717, 1.165) is 32.2 Å². The molecule has 0 radical (unpaired) electrons. The van der Waals surface area contributed by atoms with Crippen molar-refractivity contribution in [3.05, 3.63) is 11.6 Å². The van der Waals surface area contributed by atoms with Gasteiger partial charge < -0.3 is 9.80 Å². The van der Waals surface area contributed by atoms with Gasteiger partial charge in [0.2, 0.25) is 18.1 Å². The van der Waals surface area contributed by atoms with E-state index in [1.165, 1.54) is 0 Å². The molecular formula is C21H36FN7O3. The second kappa shape index (κ2) is 12.5. The van der Waals surface area contributed by atoms with Crippen LogP contribution in [0.4, 0.5) is 16.0 Å². The van der Waals surface area contributed by atoms with Crippen LogP contribution >= 0.6 is 0 Å². The third-order valence-electron chi connectivity index (χ3n) is 5.74.